The highest BCUT2D eigenvalue weighted by Gasteiger charge is 2.22. The lowest BCUT2D eigenvalue weighted by Crippen LogP contribution is -3.13. The van der Waals surface area contributed by atoms with E-state index >= 15 is 0 Å². The maximum Gasteiger partial charge on any atom is 0.173 e. The van der Waals surface area contributed by atoms with Gasteiger partial charge in [-0.2, -0.15) is 0 Å². The third kappa shape index (κ3) is 4.67. The highest BCUT2D eigenvalue weighted by atomic mass is 35.5. The zero-order valence-corrected chi connectivity index (χ0v) is 15.5. The minimum absolute atomic E-state index is 0.828. The van der Waals surface area contributed by atoms with Crippen LogP contribution < -0.4 is 10.2 Å². The van der Waals surface area contributed by atoms with E-state index in [0.717, 1.165) is 47.9 Å². The van der Waals surface area contributed by atoms with E-state index in [1.807, 2.05) is 6.07 Å². The van der Waals surface area contributed by atoms with Crippen molar-refractivity contribution in [3.8, 4) is 0 Å². The molecule has 3 nitrogen and oxygen atoms in total. The SMILES string of the molecule is Cc1cccc(NC(=S)N2CC[NH+](Cc3ccc(Cl)s3)CC2)c1. The molecule has 23 heavy (non-hydrogen) atoms. The predicted molar refractivity (Wildman–Crippen MR) is 103 cm³/mol. The van der Waals surface area contributed by atoms with Crippen molar-refractivity contribution in [2.24, 2.45) is 0 Å². The Balaban J connectivity index is 1.49. The number of thiophene rings is 1. The van der Waals surface area contributed by atoms with E-state index in [-0.39, 0.29) is 0 Å². The van der Waals surface area contributed by atoms with Gasteiger partial charge in [0.15, 0.2) is 5.11 Å². The largest absolute Gasteiger partial charge is 0.338 e. The van der Waals surface area contributed by atoms with Gasteiger partial charge in [-0.05, 0) is 49.0 Å². The quantitative estimate of drug-likeness (QED) is 0.815. The molecular formula is C17H21ClN3S2+. The lowest BCUT2D eigenvalue weighted by molar-refractivity contribution is -0.917. The molecule has 1 aliphatic heterocycles. The molecule has 0 aliphatic carbocycles. The third-order valence-corrected chi connectivity index (χ3v) is 5.67. The molecule has 2 N–H and O–H groups in total. The second-order valence-electron chi connectivity index (χ2n) is 5.92. The van der Waals surface area contributed by atoms with Crippen LogP contribution in [-0.4, -0.2) is 36.2 Å². The van der Waals surface area contributed by atoms with Crippen LogP contribution in [0.1, 0.15) is 10.4 Å². The van der Waals surface area contributed by atoms with Gasteiger partial charge in [0.05, 0.1) is 35.4 Å². The van der Waals surface area contributed by atoms with E-state index in [0.29, 0.717) is 0 Å². The Morgan fingerprint density at radius 3 is 2.74 bits per heavy atom. The van der Waals surface area contributed by atoms with Crippen molar-refractivity contribution in [2.45, 2.75) is 13.5 Å². The number of hydrogen-bond donors (Lipinski definition) is 2. The van der Waals surface area contributed by atoms with Gasteiger partial charge in [-0.15, -0.1) is 11.3 Å². The van der Waals surface area contributed by atoms with Crippen LogP contribution in [0.5, 0.6) is 0 Å². The molecule has 0 atom stereocenters. The molecule has 2 aromatic rings. The first-order chi connectivity index (χ1) is 11.1. The van der Waals surface area contributed by atoms with E-state index in [1.165, 1.54) is 10.4 Å². The number of rotatable bonds is 3. The number of halogens is 1. The van der Waals surface area contributed by atoms with E-state index < -0.39 is 0 Å². The summed E-state index contributed by atoms with van der Waals surface area (Å²) in [6.07, 6.45) is 0. The molecule has 6 heteroatoms. The summed E-state index contributed by atoms with van der Waals surface area (Å²) in [5, 5.41) is 4.18. The first-order valence-electron chi connectivity index (χ1n) is 7.80. The fourth-order valence-corrected chi connectivity index (χ4v) is 4.28. The van der Waals surface area contributed by atoms with Gasteiger partial charge in [0.25, 0.3) is 0 Å². The monoisotopic (exact) mass is 366 g/mol. The zero-order chi connectivity index (χ0) is 16.2. The lowest BCUT2D eigenvalue weighted by Gasteiger charge is -2.33. The number of aryl methyl sites for hydroxylation is 1. The standard InChI is InChI=1S/C17H20ClN3S2/c1-13-3-2-4-14(11-13)19-17(22)21-9-7-20(8-10-21)12-15-5-6-16(18)23-15/h2-6,11H,7-10,12H2,1H3,(H,19,22)/p+1. The molecule has 1 aromatic carbocycles. The van der Waals surface area contributed by atoms with E-state index in [9.17, 15) is 0 Å². The van der Waals surface area contributed by atoms with Crippen LogP contribution in [0.4, 0.5) is 5.69 Å². The summed E-state index contributed by atoms with van der Waals surface area (Å²) < 4.78 is 0.876. The number of quaternary nitrogens is 1. The Morgan fingerprint density at radius 2 is 2.09 bits per heavy atom. The van der Waals surface area contributed by atoms with Gasteiger partial charge < -0.3 is 15.1 Å². The molecule has 0 saturated carbocycles. The number of nitrogens with zero attached hydrogens (tertiary/aromatic N) is 1. The van der Waals surface area contributed by atoms with Crippen molar-refractivity contribution < 1.29 is 4.90 Å². The molecule has 0 radical (unpaired) electrons. The molecule has 1 fully saturated rings. The van der Waals surface area contributed by atoms with E-state index in [4.69, 9.17) is 23.8 Å². The normalized spacial score (nSPS) is 15.7. The second kappa shape index (κ2) is 7.62. The van der Waals surface area contributed by atoms with Crippen LogP contribution in [-0.2, 0) is 6.54 Å². The van der Waals surface area contributed by atoms with Crippen molar-refractivity contribution in [3.05, 3.63) is 51.2 Å². The summed E-state index contributed by atoms with van der Waals surface area (Å²) in [6, 6.07) is 12.4. The zero-order valence-electron chi connectivity index (χ0n) is 13.1. The number of thiocarbonyl (C=S) groups is 1. The first-order valence-corrected chi connectivity index (χ1v) is 9.41. The molecule has 1 aromatic heterocycles. The molecule has 0 bridgehead atoms. The highest BCUT2D eigenvalue weighted by Crippen LogP contribution is 2.20. The van der Waals surface area contributed by atoms with Gasteiger partial charge in [-0.25, -0.2) is 0 Å². The van der Waals surface area contributed by atoms with Gasteiger partial charge in [0.1, 0.15) is 6.54 Å². The summed E-state index contributed by atoms with van der Waals surface area (Å²) in [4.78, 5) is 5.22. The number of hydrogen-bond acceptors (Lipinski definition) is 2. The number of anilines is 1. The van der Waals surface area contributed by atoms with Crippen LogP contribution in [0.25, 0.3) is 0 Å². The van der Waals surface area contributed by atoms with Crippen molar-refractivity contribution in [2.75, 3.05) is 31.5 Å². The minimum Gasteiger partial charge on any atom is -0.338 e. The van der Waals surface area contributed by atoms with Crippen LogP contribution in [0.2, 0.25) is 4.34 Å². The average Bonchev–Trinajstić information content (AvgIpc) is 2.93. The Hall–Kier alpha value is -1.14. The topological polar surface area (TPSA) is 19.7 Å². The Labute approximate surface area is 151 Å². The van der Waals surface area contributed by atoms with Crippen LogP contribution in [0.15, 0.2) is 36.4 Å². The molecule has 1 aliphatic rings. The van der Waals surface area contributed by atoms with Crippen molar-refractivity contribution in [1.82, 2.24) is 4.90 Å². The number of benzene rings is 1. The maximum absolute atomic E-state index is 6.01. The van der Waals surface area contributed by atoms with Crippen LogP contribution in [0.3, 0.4) is 0 Å². The first kappa shape index (κ1) is 16.7. The third-order valence-electron chi connectivity index (χ3n) is 4.08. The van der Waals surface area contributed by atoms with Crippen LogP contribution >= 0.6 is 35.2 Å². The fraction of sp³-hybridized carbons (Fsp3) is 0.353. The van der Waals surface area contributed by atoms with Gasteiger partial charge in [-0.3, -0.25) is 0 Å². The van der Waals surface area contributed by atoms with Crippen molar-refractivity contribution in [1.29, 1.82) is 0 Å². The molecule has 2 heterocycles. The van der Waals surface area contributed by atoms with E-state index in [1.54, 1.807) is 16.2 Å². The van der Waals surface area contributed by atoms with Crippen LogP contribution in [0, 0.1) is 6.92 Å². The lowest BCUT2D eigenvalue weighted by atomic mass is 10.2. The Morgan fingerprint density at radius 1 is 1.30 bits per heavy atom. The summed E-state index contributed by atoms with van der Waals surface area (Å²) in [7, 11) is 0. The second-order valence-corrected chi connectivity index (χ2v) is 8.11. The molecule has 0 spiro atoms. The average molecular weight is 367 g/mol. The summed E-state index contributed by atoms with van der Waals surface area (Å²) in [5.41, 5.74) is 2.31. The molecule has 0 unspecified atom stereocenters. The molecule has 0 amide bonds. The minimum atomic E-state index is 0.828. The predicted octanol–water partition coefficient (Wildman–Crippen LogP) is 2.81. The van der Waals surface area contributed by atoms with E-state index in [2.05, 4.69) is 47.5 Å². The number of nitrogens with one attached hydrogen (secondary N) is 2. The van der Waals surface area contributed by atoms with Gasteiger partial charge >= 0.3 is 0 Å². The van der Waals surface area contributed by atoms with Gasteiger partial charge in [-0.1, -0.05) is 23.7 Å². The Bertz CT molecular complexity index is 678. The molecule has 122 valence electrons. The van der Waals surface area contributed by atoms with Crippen molar-refractivity contribution in [3.63, 3.8) is 0 Å². The molecule has 3 rings (SSSR count). The summed E-state index contributed by atoms with van der Waals surface area (Å²) in [6.45, 7) is 7.34. The summed E-state index contributed by atoms with van der Waals surface area (Å²) >= 11 is 13.3. The molecule has 1 saturated heterocycles. The Kier molecular flexibility index (Phi) is 5.54. The highest BCUT2D eigenvalue weighted by molar-refractivity contribution is 7.80. The number of piperazine rings is 1. The van der Waals surface area contributed by atoms with Gasteiger partial charge in [0.2, 0.25) is 0 Å². The van der Waals surface area contributed by atoms with Gasteiger partial charge in [0, 0.05) is 5.69 Å². The smallest absolute Gasteiger partial charge is 0.173 e. The van der Waals surface area contributed by atoms with Crippen molar-refractivity contribution >= 4 is 46.0 Å². The maximum atomic E-state index is 6.01. The molecular weight excluding hydrogens is 346 g/mol. The summed E-state index contributed by atoms with van der Waals surface area (Å²) in [5.74, 6) is 0. The fourth-order valence-electron chi connectivity index (χ4n) is 2.82.